The Hall–Kier alpha value is -2.89. The molecule has 1 aliphatic heterocycles. The fourth-order valence-corrected chi connectivity index (χ4v) is 3.82. The molecular weight excluding hydrogens is 342 g/mol. The van der Waals surface area contributed by atoms with Crippen LogP contribution in [0.4, 0.5) is 5.69 Å². The third kappa shape index (κ3) is 3.16. The topological polar surface area (TPSA) is 50.9 Å². The Bertz CT molecular complexity index is 935. The minimum absolute atomic E-state index is 0.0783. The highest BCUT2D eigenvalue weighted by atomic mass is 16.5. The molecule has 3 aromatic rings. The first kappa shape index (κ1) is 17.5. The van der Waals surface area contributed by atoms with E-state index in [0.29, 0.717) is 13.1 Å². The summed E-state index contributed by atoms with van der Waals surface area (Å²) in [5.74, 6) is 0.948. The van der Waals surface area contributed by atoms with Gasteiger partial charge in [-0.25, -0.2) is 0 Å². The fraction of sp³-hybridized carbons (Fsp3) is 0.381. The highest BCUT2D eigenvalue weighted by Crippen LogP contribution is 2.29. The summed E-state index contributed by atoms with van der Waals surface area (Å²) in [5, 5.41) is 0. The number of amides is 1. The predicted molar refractivity (Wildman–Crippen MR) is 106 cm³/mol. The van der Waals surface area contributed by atoms with Crippen molar-refractivity contribution in [2.45, 2.75) is 19.9 Å². The minimum atomic E-state index is 0.0783. The maximum atomic E-state index is 13.1. The lowest BCUT2D eigenvalue weighted by molar-refractivity contribution is 0.0736. The highest BCUT2D eigenvalue weighted by molar-refractivity contribution is 5.97. The number of rotatable bonds is 5. The number of nitrogens with zero attached hydrogens (tertiary/aromatic N) is 3. The van der Waals surface area contributed by atoms with Crippen LogP contribution < -0.4 is 9.64 Å². The van der Waals surface area contributed by atoms with Crippen LogP contribution in [0.15, 0.2) is 47.1 Å². The molecule has 142 valence electrons. The first-order valence-corrected chi connectivity index (χ1v) is 9.47. The number of hydrogen-bond acceptors (Lipinski definition) is 4. The number of hydrogen-bond donors (Lipinski definition) is 0. The molecule has 4 rings (SSSR count). The zero-order valence-electron chi connectivity index (χ0n) is 15.9. The average molecular weight is 367 g/mol. The number of carbonyl (C=O) groups excluding carboxylic acids is 1. The van der Waals surface area contributed by atoms with Gasteiger partial charge in [-0.3, -0.25) is 4.79 Å². The lowest BCUT2D eigenvalue weighted by Gasteiger charge is -2.36. The van der Waals surface area contributed by atoms with Crippen LogP contribution in [0.25, 0.3) is 11.1 Å². The molecular formula is C21H25N3O3. The second kappa shape index (κ2) is 7.39. The molecule has 0 aliphatic carbocycles. The van der Waals surface area contributed by atoms with Gasteiger partial charge in [0.15, 0.2) is 5.58 Å². The number of ether oxygens (including phenoxy) is 1. The molecule has 1 aliphatic rings. The van der Waals surface area contributed by atoms with Crippen LogP contribution in [0, 0.1) is 0 Å². The van der Waals surface area contributed by atoms with E-state index < -0.39 is 0 Å². The van der Waals surface area contributed by atoms with Crippen LogP contribution in [-0.4, -0.2) is 48.7 Å². The Morgan fingerprint density at radius 1 is 1.15 bits per heavy atom. The fourth-order valence-electron chi connectivity index (χ4n) is 3.82. The van der Waals surface area contributed by atoms with Crippen LogP contribution >= 0.6 is 0 Å². The van der Waals surface area contributed by atoms with Crippen LogP contribution in [0.5, 0.6) is 5.75 Å². The number of fused-ring (bicyclic) bond motifs is 1. The van der Waals surface area contributed by atoms with Crippen molar-refractivity contribution >= 4 is 22.7 Å². The van der Waals surface area contributed by atoms with E-state index in [1.807, 2.05) is 35.2 Å². The van der Waals surface area contributed by atoms with Gasteiger partial charge < -0.3 is 23.5 Å². The molecule has 6 heteroatoms. The molecule has 0 atom stereocenters. The summed E-state index contributed by atoms with van der Waals surface area (Å²) in [6, 6.07) is 11.8. The van der Waals surface area contributed by atoms with Gasteiger partial charge >= 0.3 is 0 Å². The van der Waals surface area contributed by atoms with E-state index in [1.54, 1.807) is 13.4 Å². The highest BCUT2D eigenvalue weighted by Gasteiger charge is 2.26. The van der Waals surface area contributed by atoms with Crippen molar-refractivity contribution in [1.82, 2.24) is 9.47 Å². The van der Waals surface area contributed by atoms with E-state index in [9.17, 15) is 4.79 Å². The van der Waals surface area contributed by atoms with Crippen LogP contribution in [0.2, 0.25) is 0 Å². The van der Waals surface area contributed by atoms with Gasteiger partial charge in [0.25, 0.3) is 5.91 Å². The molecule has 2 aromatic heterocycles. The van der Waals surface area contributed by atoms with Gasteiger partial charge in [-0.15, -0.1) is 0 Å². The second-order valence-corrected chi connectivity index (χ2v) is 6.80. The molecule has 0 N–H and O–H groups in total. The van der Waals surface area contributed by atoms with Crippen molar-refractivity contribution in [2.75, 3.05) is 38.2 Å². The van der Waals surface area contributed by atoms with Crippen LogP contribution in [-0.2, 0) is 6.54 Å². The predicted octanol–water partition coefficient (Wildman–Crippen LogP) is 3.62. The molecule has 1 fully saturated rings. The third-order valence-corrected chi connectivity index (χ3v) is 5.18. The number of para-hydroxylation sites is 2. The lowest BCUT2D eigenvalue weighted by atomic mass is 10.2. The number of benzene rings is 1. The SMILES string of the molecule is CCCn1c(C(=O)N2CCN(c3ccccc3OC)CC2)cc2occc21. The number of piperazine rings is 1. The van der Waals surface area contributed by atoms with E-state index in [0.717, 1.165) is 54.3 Å². The van der Waals surface area contributed by atoms with Crippen molar-refractivity contribution in [3.05, 3.63) is 48.4 Å². The largest absolute Gasteiger partial charge is 0.495 e. The van der Waals surface area contributed by atoms with E-state index in [4.69, 9.17) is 9.15 Å². The minimum Gasteiger partial charge on any atom is -0.495 e. The molecule has 1 saturated heterocycles. The number of aromatic nitrogens is 1. The summed E-state index contributed by atoms with van der Waals surface area (Å²) in [4.78, 5) is 17.4. The van der Waals surface area contributed by atoms with Crippen molar-refractivity contribution in [3.63, 3.8) is 0 Å². The summed E-state index contributed by atoms with van der Waals surface area (Å²) in [7, 11) is 1.69. The van der Waals surface area contributed by atoms with Crippen molar-refractivity contribution in [3.8, 4) is 5.75 Å². The first-order chi connectivity index (χ1) is 13.2. The summed E-state index contributed by atoms with van der Waals surface area (Å²) in [5.41, 5.74) is 3.57. The number of methoxy groups -OCH3 is 1. The van der Waals surface area contributed by atoms with Gasteiger partial charge in [0.2, 0.25) is 0 Å². The molecule has 1 amide bonds. The Morgan fingerprint density at radius 3 is 2.67 bits per heavy atom. The van der Waals surface area contributed by atoms with Crippen molar-refractivity contribution < 1.29 is 13.9 Å². The summed E-state index contributed by atoms with van der Waals surface area (Å²) >= 11 is 0. The molecule has 3 heterocycles. The van der Waals surface area contributed by atoms with Gasteiger partial charge in [0, 0.05) is 44.9 Å². The zero-order valence-corrected chi connectivity index (χ0v) is 15.9. The molecule has 0 unspecified atom stereocenters. The van der Waals surface area contributed by atoms with E-state index >= 15 is 0 Å². The van der Waals surface area contributed by atoms with Gasteiger partial charge in [0.05, 0.1) is 24.6 Å². The Kier molecular flexibility index (Phi) is 4.79. The van der Waals surface area contributed by atoms with Gasteiger partial charge in [0.1, 0.15) is 11.4 Å². The van der Waals surface area contributed by atoms with Gasteiger partial charge in [-0.1, -0.05) is 19.1 Å². The maximum absolute atomic E-state index is 13.1. The average Bonchev–Trinajstić information content (AvgIpc) is 3.30. The normalized spacial score (nSPS) is 14.7. The Labute approximate surface area is 158 Å². The standard InChI is InChI=1S/C21H25N3O3/c1-3-9-24-17-8-14-27-20(17)15-18(24)21(25)23-12-10-22(11-13-23)16-6-4-5-7-19(16)26-2/h4-8,14-15H,3,9-13H2,1-2H3. The smallest absolute Gasteiger partial charge is 0.270 e. The summed E-state index contributed by atoms with van der Waals surface area (Å²) < 4.78 is 13.1. The molecule has 0 spiro atoms. The van der Waals surface area contributed by atoms with Crippen LogP contribution in [0.1, 0.15) is 23.8 Å². The van der Waals surface area contributed by atoms with E-state index in [-0.39, 0.29) is 5.91 Å². The summed E-state index contributed by atoms with van der Waals surface area (Å²) in [6.45, 7) is 5.88. The quantitative estimate of drug-likeness (QED) is 0.691. The maximum Gasteiger partial charge on any atom is 0.270 e. The first-order valence-electron chi connectivity index (χ1n) is 9.47. The van der Waals surface area contributed by atoms with Crippen molar-refractivity contribution in [1.29, 1.82) is 0 Å². The van der Waals surface area contributed by atoms with Gasteiger partial charge in [-0.2, -0.15) is 0 Å². The number of carbonyl (C=O) groups is 1. The zero-order chi connectivity index (χ0) is 18.8. The Morgan fingerprint density at radius 2 is 1.93 bits per heavy atom. The molecule has 0 saturated carbocycles. The van der Waals surface area contributed by atoms with E-state index in [2.05, 4.69) is 22.5 Å². The van der Waals surface area contributed by atoms with Crippen molar-refractivity contribution in [2.24, 2.45) is 0 Å². The van der Waals surface area contributed by atoms with E-state index in [1.165, 1.54) is 0 Å². The number of aryl methyl sites for hydroxylation is 1. The Balaban J connectivity index is 1.51. The molecule has 0 radical (unpaired) electrons. The molecule has 27 heavy (non-hydrogen) atoms. The summed E-state index contributed by atoms with van der Waals surface area (Å²) in [6.07, 6.45) is 2.65. The lowest BCUT2D eigenvalue weighted by Crippen LogP contribution is -2.49. The molecule has 1 aromatic carbocycles. The number of anilines is 1. The van der Waals surface area contributed by atoms with Gasteiger partial charge in [-0.05, 0) is 18.6 Å². The van der Waals surface area contributed by atoms with Crippen LogP contribution in [0.3, 0.4) is 0 Å². The molecule has 6 nitrogen and oxygen atoms in total. The molecule has 0 bridgehead atoms. The third-order valence-electron chi connectivity index (χ3n) is 5.18. The monoisotopic (exact) mass is 367 g/mol. The number of furan rings is 1. The second-order valence-electron chi connectivity index (χ2n) is 6.80.